The quantitative estimate of drug-likeness (QED) is 0.750. The van der Waals surface area contributed by atoms with E-state index in [1.54, 1.807) is 6.26 Å². The van der Waals surface area contributed by atoms with E-state index in [1.807, 2.05) is 6.07 Å². The number of nitrogens with one attached hydrogen (secondary N) is 1. The van der Waals surface area contributed by atoms with Crippen molar-refractivity contribution in [1.82, 2.24) is 5.32 Å². The van der Waals surface area contributed by atoms with Gasteiger partial charge in [-0.15, -0.1) is 0 Å². The lowest BCUT2D eigenvalue weighted by Gasteiger charge is -2.18. The number of hydrogen-bond acceptors (Lipinski definition) is 2. The van der Waals surface area contributed by atoms with Gasteiger partial charge in [0.25, 0.3) is 0 Å². The van der Waals surface area contributed by atoms with Crippen LogP contribution in [-0.2, 0) is 0 Å². The molecule has 0 aliphatic rings. The van der Waals surface area contributed by atoms with Crippen LogP contribution in [0, 0.1) is 0 Å². The third-order valence-electron chi connectivity index (χ3n) is 2.66. The van der Waals surface area contributed by atoms with Gasteiger partial charge in [0.05, 0.1) is 6.26 Å². The van der Waals surface area contributed by atoms with Gasteiger partial charge in [0.15, 0.2) is 4.67 Å². The molecule has 0 fully saturated rings. The average Bonchev–Trinajstić information content (AvgIpc) is 2.70. The highest BCUT2D eigenvalue weighted by molar-refractivity contribution is 9.10. The maximum Gasteiger partial charge on any atom is 0.173 e. The summed E-state index contributed by atoms with van der Waals surface area (Å²) in [6.45, 7) is 9.40. The first-order chi connectivity index (χ1) is 7.69. The Morgan fingerprint density at radius 1 is 1.56 bits per heavy atom. The molecule has 0 radical (unpaired) electrons. The van der Waals surface area contributed by atoms with Gasteiger partial charge in [0, 0.05) is 11.6 Å². The van der Waals surface area contributed by atoms with Crippen molar-refractivity contribution >= 4 is 15.9 Å². The van der Waals surface area contributed by atoms with Crippen LogP contribution in [0.15, 0.2) is 33.6 Å². The van der Waals surface area contributed by atoms with Crippen LogP contribution in [0.4, 0.5) is 0 Å². The molecule has 0 saturated heterocycles. The number of furan rings is 1. The highest BCUT2D eigenvalue weighted by Gasteiger charge is 2.16. The Kier molecular flexibility index (Phi) is 5.85. The van der Waals surface area contributed by atoms with Crippen molar-refractivity contribution in [2.45, 2.75) is 39.2 Å². The molecule has 1 rings (SSSR count). The van der Waals surface area contributed by atoms with Gasteiger partial charge in [0.1, 0.15) is 0 Å². The minimum absolute atomic E-state index is 0.306. The summed E-state index contributed by atoms with van der Waals surface area (Å²) in [4.78, 5) is 0. The number of hydrogen-bond donors (Lipinski definition) is 1. The molecule has 2 nitrogen and oxygen atoms in total. The molecule has 0 saturated carbocycles. The lowest BCUT2D eigenvalue weighted by molar-refractivity contribution is 0.495. The van der Waals surface area contributed by atoms with E-state index < -0.39 is 0 Å². The van der Waals surface area contributed by atoms with Crippen LogP contribution in [0.1, 0.15) is 44.7 Å². The molecule has 1 N–H and O–H groups in total. The Morgan fingerprint density at radius 2 is 2.31 bits per heavy atom. The van der Waals surface area contributed by atoms with Crippen LogP contribution in [0.5, 0.6) is 0 Å². The third kappa shape index (κ3) is 3.80. The van der Waals surface area contributed by atoms with Gasteiger partial charge in [-0.1, -0.05) is 26.0 Å². The number of rotatable bonds is 7. The van der Waals surface area contributed by atoms with E-state index in [1.165, 1.54) is 11.1 Å². The summed E-state index contributed by atoms with van der Waals surface area (Å²) in [7, 11) is 0. The summed E-state index contributed by atoms with van der Waals surface area (Å²) < 4.78 is 6.11. The highest BCUT2D eigenvalue weighted by Crippen LogP contribution is 2.29. The number of halogens is 1. The van der Waals surface area contributed by atoms with Crippen molar-refractivity contribution in [2.24, 2.45) is 0 Å². The van der Waals surface area contributed by atoms with Crippen molar-refractivity contribution in [3.63, 3.8) is 0 Å². The monoisotopic (exact) mass is 285 g/mol. The molecular weight excluding hydrogens is 266 g/mol. The molecule has 3 heteroatoms. The van der Waals surface area contributed by atoms with Gasteiger partial charge in [-0.3, -0.25) is 0 Å². The first-order valence-electron chi connectivity index (χ1n) is 5.81. The summed E-state index contributed by atoms with van der Waals surface area (Å²) in [6.07, 6.45) is 4.84. The van der Waals surface area contributed by atoms with E-state index in [9.17, 15) is 0 Å². The van der Waals surface area contributed by atoms with Gasteiger partial charge in [-0.05, 0) is 47.8 Å². The Hall–Kier alpha value is -0.540. The zero-order chi connectivity index (χ0) is 12.0. The average molecular weight is 286 g/mol. The minimum atomic E-state index is 0.306. The second-order valence-corrected chi connectivity index (χ2v) is 4.68. The smallest absolute Gasteiger partial charge is 0.173 e. The Labute approximate surface area is 106 Å². The summed E-state index contributed by atoms with van der Waals surface area (Å²) in [5.41, 5.74) is 2.45. The molecule has 0 aliphatic heterocycles. The van der Waals surface area contributed by atoms with E-state index in [2.05, 4.69) is 41.7 Å². The molecule has 0 aliphatic carbocycles. The fourth-order valence-electron chi connectivity index (χ4n) is 1.60. The fourth-order valence-corrected chi connectivity index (χ4v) is 2.11. The van der Waals surface area contributed by atoms with Gasteiger partial charge >= 0.3 is 0 Å². The molecule has 1 aromatic heterocycles. The van der Waals surface area contributed by atoms with Gasteiger partial charge in [0.2, 0.25) is 0 Å². The molecule has 0 amide bonds. The SMILES string of the molecule is C=C(CC)CC(NCCC)c1ccoc1Br. The van der Waals surface area contributed by atoms with Crippen molar-refractivity contribution < 1.29 is 4.42 Å². The Balaban J connectivity index is 2.71. The van der Waals surface area contributed by atoms with Crippen LogP contribution in [-0.4, -0.2) is 6.54 Å². The van der Waals surface area contributed by atoms with Crippen LogP contribution in [0.3, 0.4) is 0 Å². The zero-order valence-corrected chi connectivity index (χ0v) is 11.6. The predicted octanol–water partition coefficient (Wildman–Crippen LogP) is 4.44. The predicted molar refractivity (Wildman–Crippen MR) is 71.5 cm³/mol. The lowest BCUT2D eigenvalue weighted by Crippen LogP contribution is -2.22. The zero-order valence-electron chi connectivity index (χ0n) is 10.1. The Morgan fingerprint density at radius 3 is 2.81 bits per heavy atom. The van der Waals surface area contributed by atoms with Crippen LogP contribution in [0.2, 0.25) is 0 Å². The molecule has 90 valence electrons. The maximum absolute atomic E-state index is 5.29. The molecule has 1 heterocycles. The van der Waals surface area contributed by atoms with Crippen molar-refractivity contribution in [1.29, 1.82) is 0 Å². The summed E-state index contributed by atoms with van der Waals surface area (Å²) in [5, 5.41) is 3.53. The minimum Gasteiger partial charge on any atom is -0.457 e. The molecule has 1 atom stereocenters. The summed E-state index contributed by atoms with van der Waals surface area (Å²) in [6, 6.07) is 2.32. The van der Waals surface area contributed by atoms with Crippen LogP contribution in [0.25, 0.3) is 0 Å². The molecule has 0 bridgehead atoms. The van der Waals surface area contributed by atoms with Crippen molar-refractivity contribution in [3.05, 3.63) is 34.7 Å². The van der Waals surface area contributed by atoms with Gasteiger partial charge < -0.3 is 9.73 Å². The summed E-state index contributed by atoms with van der Waals surface area (Å²) >= 11 is 3.43. The van der Waals surface area contributed by atoms with Gasteiger partial charge in [-0.2, -0.15) is 0 Å². The molecule has 16 heavy (non-hydrogen) atoms. The summed E-state index contributed by atoms with van der Waals surface area (Å²) in [5.74, 6) is 0. The van der Waals surface area contributed by atoms with Crippen LogP contribution < -0.4 is 5.32 Å². The van der Waals surface area contributed by atoms with Crippen LogP contribution >= 0.6 is 15.9 Å². The molecule has 1 unspecified atom stereocenters. The molecular formula is C13H20BrNO. The largest absolute Gasteiger partial charge is 0.457 e. The highest BCUT2D eigenvalue weighted by atomic mass is 79.9. The van der Waals surface area contributed by atoms with Crippen molar-refractivity contribution in [2.75, 3.05) is 6.54 Å². The Bertz CT molecular complexity index is 332. The molecule has 1 aromatic rings. The second-order valence-electron chi connectivity index (χ2n) is 3.96. The van der Waals surface area contributed by atoms with E-state index in [4.69, 9.17) is 4.42 Å². The molecule has 0 spiro atoms. The normalized spacial score (nSPS) is 12.7. The van der Waals surface area contributed by atoms with E-state index in [0.717, 1.165) is 30.5 Å². The standard InChI is InChI=1S/C13H20BrNO/c1-4-7-15-12(9-10(3)5-2)11-6-8-16-13(11)14/h6,8,12,15H,3-5,7,9H2,1-2H3. The lowest BCUT2D eigenvalue weighted by atomic mass is 10.0. The third-order valence-corrected chi connectivity index (χ3v) is 3.30. The van der Waals surface area contributed by atoms with Crippen molar-refractivity contribution in [3.8, 4) is 0 Å². The van der Waals surface area contributed by atoms with Gasteiger partial charge in [-0.25, -0.2) is 0 Å². The topological polar surface area (TPSA) is 25.2 Å². The van der Waals surface area contributed by atoms with E-state index in [-0.39, 0.29) is 0 Å². The first-order valence-corrected chi connectivity index (χ1v) is 6.61. The van der Waals surface area contributed by atoms with E-state index in [0.29, 0.717) is 6.04 Å². The van der Waals surface area contributed by atoms with E-state index >= 15 is 0 Å². The fraction of sp³-hybridized carbons (Fsp3) is 0.538. The maximum atomic E-state index is 5.29. The second kappa shape index (κ2) is 6.92. The molecule has 0 aromatic carbocycles. The first kappa shape index (κ1) is 13.5.